The van der Waals surface area contributed by atoms with Gasteiger partial charge in [-0.1, -0.05) is 18.7 Å². The molecule has 7 heteroatoms. The molecule has 86 valence electrons. The lowest BCUT2D eigenvalue weighted by Gasteiger charge is -2.03. The van der Waals surface area contributed by atoms with Crippen molar-refractivity contribution in [1.82, 2.24) is 10.2 Å². The molecule has 0 aliphatic rings. The number of rotatable bonds is 3. The van der Waals surface area contributed by atoms with Gasteiger partial charge >= 0.3 is 5.97 Å². The van der Waals surface area contributed by atoms with Crippen molar-refractivity contribution < 1.29 is 9.53 Å². The first-order valence-electron chi connectivity index (χ1n) is 4.56. The maximum Gasteiger partial charge on any atom is 0.356 e. The number of nitrogens with zero attached hydrogens (tertiary/aromatic N) is 1. The normalized spacial score (nSPS) is 9.88. The van der Waals surface area contributed by atoms with Crippen LogP contribution in [0, 0.1) is 10.8 Å². The summed E-state index contributed by atoms with van der Waals surface area (Å²) in [4.78, 5) is 11.3. The SMILES string of the molecule is CCC(=N)SC(=N)c1cn[nH]c1C(=O)OC. The van der Waals surface area contributed by atoms with Crippen LogP contribution in [0.4, 0.5) is 0 Å². The molecule has 0 aliphatic carbocycles. The molecule has 0 saturated carbocycles. The second kappa shape index (κ2) is 5.45. The summed E-state index contributed by atoms with van der Waals surface area (Å²) in [5.74, 6) is -0.569. The zero-order valence-electron chi connectivity index (χ0n) is 8.96. The van der Waals surface area contributed by atoms with Gasteiger partial charge in [0.25, 0.3) is 0 Å². The summed E-state index contributed by atoms with van der Waals surface area (Å²) < 4.78 is 4.55. The zero-order valence-corrected chi connectivity index (χ0v) is 9.77. The minimum absolute atomic E-state index is 0.112. The third-order valence-corrected chi connectivity index (χ3v) is 2.78. The molecule has 6 nitrogen and oxygen atoms in total. The summed E-state index contributed by atoms with van der Waals surface area (Å²) in [6.45, 7) is 1.83. The van der Waals surface area contributed by atoms with E-state index in [1.165, 1.54) is 13.3 Å². The number of carbonyl (C=O) groups excluding carboxylic acids is 1. The van der Waals surface area contributed by atoms with Crippen molar-refractivity contribution in [2.45, 2.75) is 13.3 Å². The first-order chi connectivity index (χ1) is 7.60. The molecule has 16 heavy (non-hydrogen) atoms. The Labute approximate surface area is 96.8 Å². The van der Waals surface area contributed by atoms with E-state index in [9.17, 15) is 4.79 Å². The van der Waals surface area contributed by atoms with Crippen LogP contribution in [-0.2, 0) is 4.74 Å². The van der Waals surface area contributed by atoms with E-state index in [2.05, 4.69) is 14.9 Å². The van der Waals surface area contributed by atoms with Crippen LogP contribution in [0.15, 0.2) is 6.20 Å². The number of hydrogen-bond acceptors (Lipinski definition) is 6. The second-order valence-corrected chi connectivity index (χ2v) is 3.96. The number of aromatic amines is 1. The number of H-pyrrole nitrogens is 1. The van der Waals surface area contributed by atoms with Crippen molar-refractivity contribution in [3.8, 4) is 0 Å². The molecule has 0 unspecified atom stereocenters. The van der Waals surface area contributed by atoms with Crippen LogP contribution in [0.25, 0.3) is 0 Å². The predicted molar refractivity (Wildman–Crippen MR) is 62.4 cm³/mol. The molecule has 0 radical (unpaired) electrons. The van der Waals surface area contributed by atoms with Gasteiger partial charge in [0.2, 0.25) is 0 Å². The lowest BCUT2D eigenvalue weighted by atomic mass is 10.3. The molecule has 3 N–H and O–H groups in total. The summed E-state index contributed by atoms with van der Waals surface area (Å²) in [5.41, 5.74) is 0.499. The highest BCUT2D eigenvalue weighted by Crippen LogP contribution is 2.17. The largest absolute Gasteiger partial charge is 0.464 e. The topological polar surface area (TPSA) is 103 Å². The van der Waals surface area contributed by atoms with Gasteiger partial charge < -0.3 is 4.74 Å². The molecular formula is C9H12N4O2S. The third-order valence-electron chi connectivity index (χ3n) is 1.82. The first kappa shape index (κ1) is 12.4. The Morgan fingerprint density at radius 1 is 1.62 bits per heavy atom. The fourth-order valence-corrected chi connectivity index (χ4v) is 1.62. The highest BCUT2D eigenvalue weighted by Gasteiger charge is 2.18. The van der Waals surface area contributed by atoms with Crippen molar-refractivity contribution in [2.75, 3.05) is 7.11 Å². The van der Waals surface area contributed by atoms with Crippen LogP contribution in [0.5, 0.6) is 0 Å². The molecule has 0 aromatic carbocycles. The van der Waals surface area contributed by atoms with E-state index < -0.39 is 5.97 Å². The van der Waals surface area contributed by atoms with Gasteiger partial charge in [0.15, 0.2) is 5.69 Å². The molecular weight excluding hydrogens is 228 g/mol. The van der Waals surface area contributed by atoms with Gasteiger partial charge in [-0.05, 0) is 6.42 Å². The summed E-state index contributed by atoms with van der Waals surface area (Å²) in [6, 6.07) is 0. The maximum atomic E-state index is 11.3. The van der Waals surface area contributed by atoms with E-state index in [1.54, 1.807) is 0 Å². The molecule has 1 rings (SSSR count). The summed E-state index contributed by atoms with van der Waals surface area (Å²) in [5, 5.41) is 21.9. The molecule has 1 heterocycles. The number of aromatic nitrogens is 2. The number of thioether (sulfide) groups is 1. The molecule has 1 aromatic heterocycles. The van der Waals surface area contributed by atoms with E-state index >= 15 is 0 Å². The highest BCUT2D eigenvalue weighted by molar-refractivity contribution is 8.26. The molecule has 1 aromatic rings. The zero-order chi connectivity index (χ0) is 12.1. The van der Waals surface area contributed by atoms with Gasteiger partial charge in [0.1, 0.15) is 5.04 Å². The molecule has 0 saturated heterocycles. The standard InChI is InChI=1S/C9H12N4O2S/c1-3-6(10)16-8(11)5-4-12-13-7(5)9(14)15-2/h4,10-11H,3H2,1-2H3,(H,12,13). The second-order valence-electron chi connectivity index (χ2n) is 2.86. The van der Waals surface area contributed by atoms with E-state index in [4.69, 9.17) is 10.8 Å². The van der Waals surface area contributed by atoms with Crippen molar-refractivity contribution in [2.24, 2.45) is 0 Å². The molecule has 0 aliphatic heterocycles. The van der Waals surface area contributed by atoms with E-state index in [-0.39, 0.29) is 10.7 Å². The summed E-state index contributed by atoms with van der Waals surface area (Å²) in [7, 11) is 1.26. The molecule has 0 bridgehead atoms. The van der Waals surface area contributed by atoms with Crippen molar-refractivity contribution in [3.63, 3.8) is 0 Å². The van der Waals surface area contributed by atoms with E-state index in [0.717, 1.165) is 11.8 Å². The number of nitrogens with one attached hydrogen (secondary N) is 3. The van der Waals surface area contributed by atoms with Gasteiger partial charge in [0, 0.05) is 0 Å². The van der Waals surface area contributed by atoms with Crippen molar-refractivity contribution in [1.29, 1.82) is 10.8 Å². The predicted octanol–water partition coefficient (Wildman–Crippen LogP) is 1.64. The lowest BCUT2D eigenvalue weighted by Crippen LogP contribution is -2.08. The highest BCUT2D eigenvalue weighted by atomic mass is 32.2. The molecule has 0 fully saturated rings. The van der Waals surface area contributed by atoms with Crippen molar-refractivity contribution >= 4 is 27.8 Å². The van der Waals surface area contributed by atoms with Gasteiger partial charge in [-0.15, -0.1) is 0 Å². The third kappa shape index (κ3) is 2.69. The average Bonchev–Trinajstić information content (AvgIpc) is 2.76. The Kier molecular flexibility index (Phi) is 4.24. The number of ether oxygens (including phenoxy) is 1. The first-order valence-corrected chi connectivity index (χ1v) is 5.37. The van der Waals surface area contributed by atoms with Gasteiger partial charge in [-0.3, -0.25) is 15.9 Å². The fourth-order valence-electron chi connectivity index (χ4n) is 0.966. The van der Waals surface area contributed by atoms with Crippen molar-refractivity contribution in [3.05, 3.63) is 17.5 Å². The molecule has 0 atom stereocenters. The van der Waals surface area contributed by atoms with Crippen LogP contribution in [0.1, 0.15) is 29.4 Å². The average molecular weight is 240 g/mol. The lowest BCUT2D eigenvalue weighted by molar-refractivity contribution is 0.0594. The Morgan fingerprint density at radius 2 is 2.31 bits per heavy atom. The minimum atomic E-state index is -0.569. The Hall–Kier alpha value is -1.63. The number of esters is 1. The summed E-state index contributed by atoms with van der Waals surface area (Å²) >= 11 is 0.998. The monoisotopic (exact) mass is 240 g/mol. The molecule has 0 spiro atoms. The van der Waals surface area contributed by atoms with Crippen LogP contribution >= 0.6 is 11.8 Å². The van der Waals surface area contributed by atoms with Gasteiger partial charge in [-0.25, -0.2) is 4.79 Å². The number of hydrogen-bond donors (Lipinski definition) is 3. The van der Waals surface area contributed by atoms with Crippen LogP contribution < -0.4 is 0 Å². The van der Waals surface area contributed by atoms with E-state index in [0.29, 0.717) is 17.0 Å². The quantitative estimate of drug-likeness (QED) is 0.424. The smallest absolute Gasteiger partial charge is 0.356 e. The summed E-state index contributed by atoms with van der Waals surface area (Å²) in [6.07, 6.45) is 1.93. The Morgan fingerprint density at radius 3 is 2.88 bits per heavy atom. The van der Waals surface area contributed by atoms with E-state index in [1.807, 2.05) is 6.92 Å². The van der Waals surface area contributed by atoms with Crippen LogP contribution in [-0.4, -0.2) is 33.4 Å². The minimum Gasteiger partial charge on any atom is -0.464 e. The number of methoxy groups -OCH3 is 1. The van der Waals surface area contributed by atoms with Crippen LogP contribution in [0.3, 0.4) is 0 Å². The fraction of sp³-hybridized carbons (Fsp3) is 0.333. The van der Waals surface area contributed by atoms with Gasteiger partial charge in [-0.2, -0.15) is 5.10 Å². The van der Waals surface area contributed by atoms with Crippen LogP contribution in [0.2, 0.25) is 0 Å². The Bertz CT molecular complexity index is 427. The van der Waals surface area contributed by atoms with Gasteiger partial charge in [0.05, 0.1) is 23.9 Å². The number of carbonyl (C=O) groups is 1. The maximum absolute atomic E-state index is 11.3. The Balaban J connectivity index is 2.88. The molecule has 0 amide bonds.